The molecule has 0 fully saturated rings. The number of aromatic nitrogens is 1. The summed E-state index contributed by atoms with van der Waals surface area (Å²) in [7, 11) is 0. The Bertz CT molecular complexity index is 199. The molecule has 2 heteroatoms. The number of hydrogen-bond acceptors (Lipinski definition) is 1. The molecule has 0 bridgehead atoms. The molecular formula is C9H14IN. The summed E-state index contributed by atoms with van der Waals surface area (Å²) in [6, 6.07) is 2.06. The van der Waals surface area contributed by atoms with Gasteiger partial charge in [-0.25, -0.2) is 0 Å². The average Bonchev–Trinajstić information content (AvgIpc) is 2.09. The zero-order valence-corrected chi connectivity index (χ0v) is 9.42. The van der Waals surface area contributed by atoms with Gasteiger partial charge in [0.25, 0.3) is 0 Å². The second-order valence-corrected chi connectivity index (χ2v) is 2.16. The monoisotopic (exact) mass is 263 g/mol. The number of alkyl halides is 1. The molecule has 0 unspecified atom stereocenters. The minimum Gasteiger partial charge on any atom is -0.264 e. The molecule has 1 rings (SSSR count). The largest absolute Gasteiger partial charge is 0.264 e. The standard InChI is InChI=1S/C8H11N.CH3I/c1-3-8-4-5-9-6-7(8)2;1-2/h4-6H,3H2,1-2H3;1H3. The zero-order chi connectivity index (χ0) is 8.69. The van der Waals surface area contributed by atoms with Gasteiger partial charge in [0.2, 0.25) is 0 Å². The molecule has 1 heterocycles. The van der Waals surface area contributed by atoms with Crippen LogP contribution in [0, 0.1) is 6.92 Å². The third kappa shape index (κ3) is 3.70. The van der Waals surface area contributed by atoms with Crippen LogP contribution in [0.25, 0.3) is 0 Å². The fraction of sp³-hybridized carbons (Fsp3) is 0.444. The van der Waals surface area contributed by atoms with Gasteiger partial charge in [0.15, 0.2) is 0 Å². The number of halogens is 1. The van der Waals surface area contributed by atoms with E-state index in [1.54, 1.807) is 0 Å². The fourth-order valence-electron chi connectivity index (χ4n) is 0.899. The van der Waals surface area contributed by atoms with Crippen LogP contribution in [-0.2, 0) is 6.42 Å². The van der Waals surface area contributed by atoms with Crippen molar-refractivity contribution in [3.05, 3.63) is 29.6 Å². The van der Waals surface area contributed by atoms with E-state index in [4.69, 9.17) is 0 Å². The molecule has 0 radical (unpaired) electrons. The number of aryl methyl sites for hydroxylation is 2. The molecule has 0 spiro atoms. The SMILES string of the molecule is CCc1ccncc1C.CI. The summed E-state index contributed by atoms with van der Waals surface area (Å²) in [5, 5.41) is 0. The molecule has 0 atom stereocenters. The number of rotatable bonds is 1. The third-order valence-corrected chi connectivity index (χ3v) is 1.52. The molecule has 11 heavy (non-hydrogen) atoms. The molecule has 0 aromatic carbocycles. The molecule has 1 nitrogen and oxygen atoms in total. The van der Waals surface area contributed by atoms with Gasteiger partial charge in [-0.05, 0) is 35.5 Å². The highest BCUT2D eigenvalue weighted by Gasteiger charge is 1.90. The first kappa shape index (κ1) is 10.9. The summed E-state index contributed by atoms with van der Waals surface area (Å²) in [5.41, 5.74) is 2.69. The maximum atomic E-state index is 3.99. The van der Waals surface area contributed by atoms with Crippen molar-refractivity contribution >= 4 is 22.6 Å². The Morgan fingerprint density at radius 1 is 1.45 bits per heavy atom. The maximum Gasteiger partial charge on any atom is 0.0299 e. The van der Waals surface area contributed by atoms with Crippen molar-refractivity contribution in [2.45, 2.75) is 20.3 Å². The smallest absolute Gasteiger partial charge is 0.0299 e. The lowest BCUT2D eigenvalue weighted by molar-refractivity contribution is 1.08. The van der Waals surface area contributed by atoms with Gasteiger partial charge in [0, 0.05) is 12.4 Å². The van der Waals surface area contributed by atoms with Crippen LogP contribution in [0.2, 0.25) is 0 Å². The van der Waals surface area contributed by atoms with E-state index in [2.05, 4.69) is 47.5 Å². The molecule has 1 aromatic heterocycles. The Kier molecular flexibility index (Phi) is 6.51. The summed E-state index contributed by atoms with van der Waals surface area (Å²) < 4.78 is 0. The van der Waals surface area contributed by atoms with Gasteiger partial charge in [-0.3, -0.25) is 4.98 Å². The first-order valence-electron chi connectivity index (χ1n) is 3.62. The van der Waals surface area contributed by atoms with Crippen molar-refractivity contribution in [1.29, 1.82) is 0 Å². The topological polar surface area (TPSA) is 12.9 Å². The second kappa shape index (κ2) is 6.58. The third-order valence-electron chi connectivity index (χ3n) is 1.52. The van der Waals surface area contributed by atoms with Crippen molar-refractivity contribution in [3.63, 3.8) is 0 Å². The highest BCUT2D eigenvalue weighted by atomic mass is 127. The van der Waals surface area contributed by atoms with Crippen LogP contribution in [-0.4, -0.2) is 9.91 Å². The number of hydrogen-bond donors (Lipinski definition) is 0. The Balaban J connectivity index is 0.000000461. The van der Waals surface area contributed by atoms with E-state index >= 15 is 0 Å². The van der Waals surface area contributed by atoms with Crippen LogP contribution in [0.1, 0.15) is 18.1 Å². The van der Waals surface area contributed by atoms with Crippen LogP contribution in [0.3, 0.4) is 0 Å². The normalized spacial score (nSPS) is 8.36. The van der Waals surface area contributed by atoms with Crippen molar-refractivity contribution < 1.29 is 0 Å². The molecule has 0 saturated carbocycles. The van der Waals surface area contributed by atoms with E-state index in [1.807, 2.05) is 17.3 Å². The number of pyridine rings is 1. The van der Waals surface area contributed by atoms with Gasteiger partial charge in [-0.2, -0.15) is 0 Å². The molecule has 62 valence electrons. The summed E-state index contributed by atoms with van der Waals surface area (Å²) in [4.78, 5) is 5.96. The van der Waals surface area contributed by atoms with Crippen LogP contribution in [0.15, 0.2) is 18.5 Å². The molecule has 0 saturated heterocycles. The Morgan fingerprint density at radius 3 is 2.45 bits per heavy atom. The minimum atomic E-state index is 1.11. The van der Waals surface area contributed by atoms with Gasteiger partial charge in [0.05, 0.1) is 0 Å². The van der Waals surface area contributed by atoms with Gasteiger partial charge >= 0.3 is 0 Å². The second-order valence-electron chi connectivity index (χ2n) is 2.16. The highest BCUT2D eigenvalue weighted by molar-refractivity contribution is 14.1. The maximum absolute atomic E-state index is 3.99. The predicted octanol–water partition coefficient (Wildman–Crippen LogP) is 3.00. The first-order chi connectivity index (χ1) is 5.34. The molecule has 0 N–H and O–H groups in total. The van der Waals surface area contributed by atoms with Crippen LogP contribution in [0.4, 0.5) is 0 Å². The van der Waals surface area contributed by atoms with E-state index < -0.39 is 0 Å². The summed E-state index contributed by atoms with van der Waals surface area (Å²) in [5.74, 6) is 0. The van der Waals surface area contributed by atoms with Gasteiger partial charge in [-0.15, -0.1) is 0 Å². The summed E-state index contributed by atoms with van der Waals surface area (Å²) in [6.45, 7) is 4.24. The van der Waals surface area contributed by atoms with Crippen molar-refractivity contribution in [1.82, 2.24) is 4.98 Å². The summed E-state index contributed by atoms with van der Waals surface area (Å²) in [6.07, 6.45) is 4.85. The lowest BCUT2D eigenvalue weighted by Gasteiger charge is -1.97. The van der Waals surface area contributed by atoms with E-state index in [0.717, 1.165) is 6.42 Å². The van der Waals surface area contributed by atoms with Crippen LogP contribution >= 0.6 is 22.6 Å². The van der Waals surface area contributed by atoms with Crippen LogP contribution in [0.5, 0.6) is 0 Å². The Hall–Kier alpha value is -0.120. The van der Waals surface area contributed by atoms with E-state index in [0.29, 0.717) is 0 Å². The van der Waals surface area contributed by atoms with E-state index in [9.17, 15) is 0 Å². The molecule has 0 aliphatic rings. The molecule has 0 aliphatic carbocycles. The van der Waals surface area contributed by atoms with Crippen LogP contribution < -0.4 is 0 Å². The highest BCUT2D eigenvalue weighted by Crippen LogP contribution is 2.03. The van der Waals surface area contributed by atoms with E-state index in [1.165, 1.54) is 11.1 Å². The van der Waals surface area contributed by atoms with E-state index in [-0.39, 0.29) is 0 Å². The predicted molar refractivity (Wildman–Crippen MR) is 58.3 cm³/mol. The molecule has 0 amide bonds. The van der Waals surface area contributed by atoms with Gasteiger partial charge in [-0.1, -0.05) is 29.5 Å². The average molecular weight is 263 g/mol. The lowest BCUT2D eigenvalue weighted by Crippen LogP contribution is -1.85. The van der Waals surface area contributed by atoms with Crippen molar-refractivity contribution in [3.8, 4) is 0 Å². The minimum absolute atomic E-state index is 1.11. The van der Waals surface area contributed by atoms with Crippen molar-refractivity contribution in [2.24, 2.45) is 0 Å². The van der Waals surface area contributed by atoms with Gasteiger partial charge < -0.3 is 0 Å². The zero-order valence-electron chi connectivity index (χ0n) is 7.26. The Labute approximate surface area is 82.4 Å². The summed E-state index contributed by atoms with van der Waals surface area (Å²) >= 11 is 2.15. The molecular weight excluding hydrogens is 249 g/mol. The molecule has 0 aliphatic heterocycles. The molecule has 1 aromatic rings. The fourth-order valence-corrected chi connectivity index (χ4v) is 0.899. The lowest BCUT2D eigenvalue weighted by atomic mass is 10.1. The Morgan fingerprint density at radius 2 is 2.09 bits per heavy atom. The van der Waals surface area contributed by atoms with Crippen molar-refractivity contribution in [2.75, 3.05) is 4.93 Å². The quantitative estimate of drug-likeness (QED) is 0.560. The number of nitrogens with zero attached hydrogens (tertiary/aromatic N) is 1. The first-order valence-corrected chi connectivity index (χ1v) is 5.77. The van der Waals surface area contributed by atoms with Gasteiger partial charge in [0.1, 0.15) is 0 Å².